The zero-order valence-corrected chi connectivity index (χ0v) is 19.6. The molecule has 0 bridgehead atoms. The highest BCUT2D eigenvalue weighted by atomic mass is 32.2. The summed E-state index contributed by atoms with van der Waals surface area (Å²) in [6.07, 6.45) is 3.75. The molecule has 1 fully saturated rings. The number of phenols is 1. The summed E-state index contributed by atoms with van der Waals surface area (Å²) < 4.78 is 15.3. The van der Waals surface area contributed by atoms with Crippen LogP contribution in [0.25, 0.3) is 10.8 Å². The number of carbonyl (C=O) groups is 2. The van der Waals surface area contributed by atoms with E-state index in [2.05, 4.69) is 4.98 Å². The van der Waals surface area contributed by atoms with Crippen LogP contribution in [0, 0.1) is 0 Å². The van der Waals surface area contributed by atoms with Gasteiger partial charge in [0, 0.05) is 28.3 Å². The minimum atomic E-state index is -2.12. The zero-order chi connectivity index (χ0) is 24.5. The molecule has 1 aliphatic rings. The summed E-state index contributed by atoms with van der Waals surface area (Å²) in [6, 6.07) is 20.3. The van der Waals surface area contributed by atoms with E-state index in [1.54, 1.807) is 30.5 Å². The number of rotatable bonds is 7. The van der Waals surface area contributed by atoms with Crippen LogP contribution in [0.5, 0.6) is 5.75 Å². The van der Waals surface area contributed by atoms with Gasteiger partial charge in [0.25, 0.3) is 5.12 Å². The average molecular weight is 486 g/mol. The smallest absolute Gasteiger partial charge is 0.270 e. The largest absolute Gasteiger partial charge is 0.508 e. The Balaban J connectivity index is 1.59. The van der Waals surface area contributed by atoms with Crippen molar-refractivity contribution < 1.29 is 18.9 Å². The number of carbonyl (C=O) groups excluding carboxylic acids is 2. The maximum absolute atomic E-state index is 13.8. The van der Waals surface area contributed by atoms with Crippen molar-refractivity contribution in [2.45, 2.75) is 25.3 Å². The molecule has 1 aliphatic carbocycles. The third-order valence-electron chi connectivity index (χ3n) is 6.07. The Morgan fingerprint density at radius 1 is 0.971 bits per heavy atom. The zero-order valence-electron chi connectivity index (χ0n) is 18.8. The maximum atomic E-state index is 13.8. The van der Waals surface area contributed by atoms with Crippen molar-refractivity contribution in [3.05, 3.63) is 101 Å². The lowest BCUT2D eigenvalue weighted by atomic mass is 10.0. The molecule has 1 aromatic heterocycles. The Morgan fingerprint density at radius 3 is 2.29 bits per heavy atom. The van der Waals surface area contributed by atoms with Crippen LogP contribution < -0.4 is 10.0 Å². The van der Waals surface area contributed by atoms with Crippen molar-refractivity contribution in [2.24, 2.45) is 5.73 Å². The van der Waals surface area contributed by atoms with Crippen LogP contribution in [0.1, 0.15) is 50.6 Å². The van der Waals surface area contributed by atoms with Crippen LogP contribution in [0.15, 0.2) is 79.0 Å². The third-order valence-corrected chi connectivity index (χ3v) is 7.32. The number of aromatic nitrogens is 1. The van der Waals surface area contributed by atoms with Gasteiger partial charge in [-0.3, -0.25) is 13.9 Å². The van der Waals surface area contributed by atoms with Crippen LogP contribution in [0.3, 0.4) is 0 Å². The number of fused-ring (bicyclic) bond motifs is 1. The third kappa shape index (κ3) is 4.65. The number of hydrogen-bond acceptors (Lipinski definition) is 5. The molecule has 3 aromatic carbocycles. The molecule has 0 spiro atoms. The summed E-state index contributed by atoms with van der Waals surface area (Å²) in [7, 11) is -2.12. The topological polar surface area (TPSA) is 114 Å². The standard InChI is InChI=1S/C27H23N3O4S/c28-25(32)19-9-11-20(12-10-19)27(33)35(34)30(16-17-5-13-22(31)14-6-17)26-24(18-7-8-18)23-4-2-1-3-21(23)15-29-26/h1-6,9-15,18,31H,7-8,16H2,(H2,28,32). The van der Waals surface area contributed by atoms with Crippen molar-refractivity contribution in [2.75, 3.05) is 4.31 Å². The van der Waals surface area contributed by atoms with Crippen molar-refractivity contribution in [3.8, 4) is 5.75 Å². The minimum absolute atomic E-state index is 0.120. The highest BCUT2D eigenvalue weighted by molar-refractivity contribution is 8.02. The summed E-state index contributed by atoms with van der Waals surface area (Å²) in [5.74, 6) is 0.315. The summed E-state index contributed by atoms with van der Waals surface area (Å²) in [4.78, 5) is 29.4. The molecule has 1 saturated carbocycles. The highest BCUT2D eigenvalue weighted by Crippen LogP contribution is 2.47. The van der Waals surface area contributed by atoms with Gasteiger partial charge in [0.1, 0.15) is 11.6 Å². The van der Waals surface area contributed by atoms with Crippen molar-refractivity contribution in [3.63, 3.8) is 0 Å². The van der Waals surface area contributed by atoms with Gasteiger partial charge in [0.05, 0.1) is 6.54 Å². The summed E-state index contributed by atoms with van der Waals surface area (Å²) >= 11 is 0. The second-order valence-corrected chi connectivity index (χ2v) is 9.85. The SMILES string of the molecule is NC(=O)c1ccc(C(=O)S(=O)N(Cc2ccc(O)cc2)c2ncc3ccccc3c2C2CC2)cc1. The van der Waals surface area contributed by atoms with Crippen LogP contribution in [0.4, 0.5) is 5.82 Å². The second-order valence-electron chi connectivity index (χ2n) is 8.54. The number of aromatic hydroxyl groups is 1. The summed E-state index contributed by atoms with van der Waals surface area (Å²) in [5.41, 5.74) is 7.53. The number of primary amides is 1. The lowest BCUT2D eigenvalue weighted by Crippen LogP contribution is -2.32. The first-order valence-corrected chi connectivity index (χ1v) is 12.3. The number of phenolic OH excluding ortho intramolecular Hbond substituents is 1. The fourth-order valence-corrected chi connectivity index (χ4v) is 5.21. The molecule has 5 rings (SSSR count). The monoisotopic (exact) mass is 485 g/mol. The molecule has 35 heavy (non-hydrogen) atoms. The number of anilines is 1. The Bertz CT molecular complexity index is 1450. The Labute approximate surface area is 204 Å². The van der Waals surface area contributed by atoms with Crippen LogP contribution >= 0.6 is 0 Å². The van der Waals surface area contributed by atoms with E-state index in [9.17, 15) is 18.9 Å². The summed E-state index contributed by atoms with van der Waals surface area (Å²) in [6.45, 7) is 0.156. The fraction of sp³-hybridized carbons (Fsp3) is 0.148. The van der Waals surface area contributed by atoms with Gasteiger partial charge in [-0.25, -0.2) is 9.19 Å². The van der Waals surface area contributed by atoms with Gasteiger partial charge in [-0.15, -0.1) is 0 Å². The predicted octanol–water partition coefficient (Wildman–Crippen LogP) is 4.43. The first-order valence-electron chi connectivity index (χ1n) is 11.2. The molecular formula is C27H23N3O4S. The summed E-state index contributed by atoms with van der Waals surface area (Å²) in [5, 5.41) is 11.1. The molecule has 1 amide bonds. The van der Waals surface area contributed by atoms with Crippen LogP contribution in [0.2, 0.25) is 0 Å². The van der Waals surface area contributed by atoms with Crippen molar-refractivity contribution >= 4 is 38.6 Å². The number of amides is 1. The second kappa shape index (κ2) is 9.31. The van der Waals surface area contributed by atoms with Crippen molar-refractivity contribution in [1.29, 1.82) is 0 Å². The molecule has 8 heteroatoms. The predicted molar refractivity (Wildman–Crippen MR) is 135 cm³/mol. The van der Waals surface area contributed by atoms with E-state index in [1.807, 2.05) is 24.3 Å². The van der Waals surface area contributed by atoms with E-state index in [0.29, 0.717) is 5.82 Å². The van der Waals surface area contributed by atoms with Gasteiger partial charge >= 0.3 is 0 Å². The first kappa shape index (κ1) is 22.7. The van der Waals surface area contributed by atoms with E-state index in [-0.39, 0.29) is 29.3 Å². The quantitative estimate of drug-likeness (QED) is 0.402. The molecule has 0 aliphatic heterocycles. The van der Waals surface area contributed by atoms with Gasteiger partial charge in [-0.05, 0) is 66.1 Å². The molecule has 1 atom stereocenters. The molecule has 0 radical (unpaired) electrons. The Morgan fingerprint density at radius 2 is 1.63 bits per heavy atom. The first-order chi connectivity index (χ1) is 16.9. The molecule has 1 heterocycles. The molecule has 0 saturated heterocycles. The molecule has 4 aromatic rings. The van der Waals surface area contributed by atoms with Gasteiger partial charge < -0.3 is 10.8 Å². The van der Waals surface area contributed by atoms with E-state index < -0.39 is 22.0 Å². The Kier molecular flexibility index (Phi) is 6.05. The van der Waals surface area contributed by atoms with Gasteiger partial charge in [-0.1, -0.05) is 36.4 Å². The molecule has 176 valence electrons. The number of nitrogens with zero attached hydrogens (tertiary/aromatic N) is 2. The molecular weight excluding hydrogens is 462 g/mol. The molecule has 3 N–H and O–H groups in total. The van der Waals surface area contributed by atoms with Crippen molar-refractivity contribution in [1.82, 2.24) is 4.98 Å². The van der Waals surface area contributed by atoms with Crippen LogP contribution in [-0.2, 0) is 17.5 Å². The van der Waals surface area contributed by atoms with Gasteiger partial charge in [0.2, 0.25) is 5.91 Å². The number of benzene rings is 3. The maximum Gasteiger partial charge on any atom is 0.270 e. The van der Waals surface area contributed by atoms with E-state index in [0.717, 1.165) is 34.7 Å². The normalized spacial score (nSPS) is 13.9. The lowest BCUT2D eigenvalue weighted by molar-refractivity contribution is 0.0998. The fourth-order valence-electron chi connectivity index (χ4n) is 4.10. The average Bonchev–Trinajstić information content (AvgIpc) is 3.72. The number of hydrogen-bond donors (Lipinski definition) is 2. The highest BCUT2D eigenvalue weighted by Gasteiger charge is 2.34. The lowest BCUT2D eigenvalue weighted by Gasteiger charge is -2.25. The van der Waals surface area contributed by atoms with Gasteiger partial charge in [-0.2, -0.15) is 0 Å². The Hall–Kier alpha value is -4.04. The number of nitrogens with two attached hydrogens (primary N) is 1. The van der Waals surface area contributed by atoms with Gasteiger partial charge in [0.15, 0.2) is 11.0 Å². The number of pyridine rings is 1. The van der Waals surface area contributed by atoms with E-state index in [1.165, 1.54) is 28.6 Å². The van der Waals surface area contributed by atoms with E-state index in [4.69, 9.17) is 5.73 Å². The van der Waals surface area contributed by atoms with Crippen LogP contribution in [-0.4, -0.2) is 25.3 Å². The minimum Gasteiger partial charge on any atom is -0.508 e. The van der Waals surface area contributed by atoms with E-state index >= 15 is 0 Å². The molecule has 7 nitrogen and oxygen atoms in total. The molecule has 1 unspecified atom stereocenters.